The maximum atomic E-state index is 11.6. The average molecular weight is 319 g/mol. The summed E-state index contributed by atoms with van der Waals surface area (Å²) in [5, 5.41) is 29.0. The number of hydrogen-bond acceptors (Lipinski definition) is 5. The van der Waals surface area contributed by atoms with Crippen LogP contribution in [0.4, 0.5) is 4.79 Å². The summed E-state index contributed by atoms with van der Waals surface area (Å²) in [6.07, 6.45) is -0.927. The fourth-order valence-electron chi connectivity index (χ4n) is 2.12. The zero-order chi connectivity index (χ0) is 16.7. The number of carbonyl (C=O) groups excluding carboxylic acids is 1. The molecule has 1 heterocycles. The van der Waals surface area contributed by atoms with Crippen LogP contribution in [0.3, 0.4) is 0 Å². The van der Waals surface area contributed by atoms with Crippen molar-refractivity contribution in [2.75, 3.05) is 6.54 Å². The number of amides is 1. The Morgan fingerprint density at radius 1 is 1.35 bits per heavy atom. The van der Waals surface area contributed by atoms with E-state index >= 15 is 0 Å². The topological polar surface area (TPSA) is 107 Å². The van der Waals surface area contributed by atoms with Crippen molar-refractivity contribution < 1.29 is 19.7 Å². The van der Waals surface area contributed by atoms with Crippen LogP contribution in [0.2, 0.25) is 0 Å². The van der Waals surface area contributed by atoms with Gasteiger partial charge in [-0.1, -0.05) is 30.3 Å². The largest absolute Gasteiger partial charge is 0.445 e. The first-order valence-corrected chi connectivity index (χ1v) is 7.38. The molecule has 0 saturated heterocycles. The van der Waals surface area contributed by atoms with Crippen LogP contribution in [0.25, 0.3) is 0 Å². The molecule has 1 amide bonds. The summed E-state index contributed by atoms with van der Waals surface area (Å²) in [7, 11) is 0. The molecule has 0 bridgehead atoms. The molecule has 7 nitrogen and oxygen atoms in total. The number of nitrogens with zero attached hydrogens (tertiary/aromatic N) is 1. The zero-order valence-electron chi connectivity index (χ0n) is 12.9. The van der Waals surface area contributed by atoms with Crippen LogP contribution in [0.15, 0.2) is 36.5 Å². The van der Waals surface area contributed by atoms with Crippen LogP contribution < -0.4 is 5.32 Å². The second-order valence-corrected chi connectivity index (χ2v) is 5.24. The number of carbonyl (C=O) groups is 1. The van der Waals surface area contributed by atoms with E-state index < -0.39 is 18.3 Å². The van der Waals surface area contributed by atoms with Crippen molar-refractivity contribution in [2.45, 2.75) is 32.2 Å². The van der Waals surface area contributed by atoms with Gasteiger partial charge in [-0.25, -0.2) is 4.79 Å². The number of benzene rings is 1. The van der Waals surface area contributed by atoms with Crippen molar-refractivity contribution in [3.63, 3.8) is 0 Å². The van der Waals surface area contributed by atoms with Gasteiger partial charge in [-0.15, -0.1) is 0 Å². The second kappa shape index (κ2) is 8.30. The monoisotopic (exact) mass is 319 g/mol. The molecule has 23 heavy (non-hydrogen) atoms. The Morgan fingerprint density at radius 3 is 2.74 bits per heavy atom. The van der Waals surface area contributed by atoms with Gasteiger partial charge in [0.1, 0.15) is 12.7 Å². The quantitative estimate of drug-likeness (QED) is 0.617. The molecule has 4 N–H and O–H groups in total. The van der Waals surface area contributed by atoms with Gasteiger partial charge in [-0.2, -0.15) is 5.10 Å². The van der Waals surface area contributed by atoms with Gasteiger partial charge in [0.05, 0.1) is 12.3 Å². The van der Waals surface area contributed by atoms with Gasteiger partial charge < -0.3 is 20.3 Å². The summed E-state index contributed by atoms with van der Waals surface area (Å²) in [5.74, 6) is 0. The Bertz CT molecular complexity index is 615. The standard InChI is InChI=1S/C16H21N3O4/c1-11-13(9-18-19-11)15(21)14(20)7-8-17-16(22)23-10-12-5-3-2-4-6-12/h2-6,9,14-15,20-21H,7-8,10H2,1H3,(H,17,22)(H,18,19). The second-order valence-electron chi connectivity index (χ2n) is 5.24. The maximum Gasteiger partial charge on any atom is 0.407 e. The number of aryl methyl sites for hydroxylation is 1. The molecular weight excluding hydrogens is 298 g/mol. The minimum Gasteiger partial charge on any atom is -0.445 e. The highest BCUT2D eigenvalue weighted by Crippen LogP contribution is 2.20. The van der Waals surface area contributed by atoms with Crippen molar-refractivity contribution in [1.82, 2.24) is 15.5 Å². The number of aliphatic hydroxyl groups is 2. The minimum atomic E-state index is -1.05. The summed E-state index contributed by atoms with van der Waals surface area (Å²) in [4.78, 5) is 11.6. The lowest BCUT2D eigenvalue weighted by atomic mass is 10.0. The Morgan fingerprint density at radius 2 is 2.09 bits per heavy atom. The van der Waals surface area contributed by atoms with Crippen LogP contribution in [0.5, 0.6) is 0 Å². The third-order valence-corrected chi connectivity index (χ3v) is 3.47. The number of aromatic amines is 1. The van der Waals surface area contributed by atoms with Crippen molar-refractivity contribution in [1.29, 1.82) is 0 Å². The fourth-order valence-corrected chi connectivity index (χ4v) is 2.12. The first kappa shape index (κ1) is 17.0. The molecule has 0 aliphatic heterocycles. The maximum absolute atomic E-state index is 11.6. The first-order valence-electron chi connectivity index (χ1n) is 7.38. The average Bonchev–Trinajstić information content (AvgIpc) is 2.99. The number of aliphatic hydroxyl groups excluding tert-OH is 2. The molecule has 0 aliphatic carbocycles. The molecule has 2 rings (SSSR count). The molecule has 0 radical (unpaired) electrons. The summed E-state index contributed by atoms with van der Waals surface area (Å²) < 4.78 is 5.05. The fraction of sp³-hybridized carbons (Fsp3) is 0.375. The lowest BCUT2D eigenvalue weighted by Gasteiger charge is -2.17. The molecule has 0 fully saturated rings. The molecule has 2 unspecified atom stereocenters. The number of hydrogen-bond donors (Lipinski definition) is 4. The smallest absolute Gasteiger partial charge is 0.407 e. The van der Waals surface area contributed by atoms with Crippen LogP contribution in [-0.4, -0.2) is 39.2 Å². The predicted molar refractivity (Wildman–Crippen MR) is 83.5 cm³/mol. The van der Waals surface area contributed by atoms with E-state index in [-0.39, 0.29) is 19.6 Å². The molecule has 0 saturated carbocycles. The summed E-state index contributed by atoms with van der Waals surface area (Å²) >= 11 is 0. The van der Waals surface area contributed by atoms with Gasteiger partial charge in [-0.05, 0) is 18.9 Å². The highest BCUT2D eigenvalue weighted by Gasteiger charge is 2.21. The molecule has 0 spiro atoms. The third kappa shape index (κ3) is 5.08. The van der Waals surface area contributed by atoms with E-state index in [9.17, 15) is 15.0 Å². The van der Waals surface area contributed by atoms with Crippen molar-refractivity contribution >= 4 is 6.09 Å². The van der Waals surface area contributed by atoms with Gasteiger partial charge in [0.15, 0.2) is 0 Å². The number of nitrogens with one attached hydrogen (secondary N) is 2. The van der Waals surface area contributed by atoms with E-state index in [2.05, 4.69) is 15.5 Å². The predicted octanol–water partition coefficient (Wildman–Crippen LogP) is 1.43. The van der Waals surface area contributed by atoms with E-state index in [0.29, 0.717) is 11.3 Å². The molecule has 2 atom stereocenters. The zero-order valence-corrected chi connectivity index (χ0v) is 12.9. The Kier molecular flexibility index (Phi) is 6.13. The SMILES string of the molecule is Cc1[nH]ncc1C(O)C(O)CCNC(=O)OCc1ccccc1. The molecule has 0 aliphatic rings. The van der Waals surface area contributed by atoms with Gasteiger partial charge >= 0.3 is 6.09 Å². The summed E-state index contributed by atoms with van der Waals surface area (Å²) in [5.41, 5.74) is 2.14. The van der Waals surface area contributed by atoms with Crippen LogP contribution in [0.1, 0.15) is 29.3 Å². The van der Waals surface area contributed by atoms with Crippen molar-refractivity contribution in [2.24, 2.45) is 0 Å². The molecule has 1 aromatic carbocycles. The van der Waals surface area contributed by atoms with Crippen LogP contribution in [-0.2, 0) is 11.3 Å². The molecule has 124 valence electrons. The lowest BCUT2D eigenvalue weighted by molar-refractivity contribution is 0.0133. The number of aromatic nitrogens is 2. The van der Waals surface area contributed by atoms with E-state index in [1.54, 1.807) is 6.92 Å². The molecular formula is C16H21N3O4. The Balaban J connectivity index is 1.68. The van der Waals surface area contributed by atoms with Gasteiger partial charge in [0, 0.05) is 17.8 Å². The van der Waals surface area contributed by atoms with Crippen LogP contribution in [0, 0.1) is 6.92 Å². The van der Waals surface area contributed by atoms with Crippen molar-refractivity contribution in [3.8, 4) is 0 Å². The minimum absolute atomic E-state index is 0.187. The van der Waals surface area contributed by atoms with E-state index in [1.807, 2.05) is 30.3 Å². The number of H-pyrrole nitrogens is 1. The summed E-state index contributed by atoms with van der Waals surface area (Å²) in [6, 6.07) is 9.34. The van der Waals surface area contributed by atoms with Crippen molar-refractivity contribution in [3.05, 3.63) is 53.3 Å². The normalized spacial score (nSPS) is 13.3. The number of rotatable bonds is 7. The highest BCUT2D eigenvalue weighted by molar-refractivity contribution is 5.67. The van der Waals surface area contributed by atoms with E-state index in [0.717, 1.165) is 5.56 Å². The van der Waals surface area contributed by atoms with E-state index in [1.165, 1.54) is 6.20 Å². The van der Waals surface area contributed by atoms with Gasteiger partial charge in [0.25, 0.3) is 0 Å². The summed E-state index contributed by atoms with van der Waals surface area (Å²) in [6.45, 7) is 2.15. The van der Waals surface area contributed by atoms with Gasteiger partial charge in [0.2, 0.25) is 0 Å². The first-order chi connectivity index (χ1) is 11.1. The molecule has 1 aromatic heterocycles. The lowest BCUT2D eigenvalue weighted by Crippen LogP contribution is -2.29. The number of ether oxygens (including phenoxy) is 1. The molecule has 2 aromatic rings. The third-order valence-electron chi connectivity index (χ3n) is 3.47. The number of alkyl carbamates (subject to hydrolysis) is 1. The highest BCUT2D eigenvalue weighted by atomic mass is 16.5. The van der Waals surface area contributed by atoms with Gasteiger partial charge in [-0.3, -0.25) is 5.10 Å². The molecule has 7 heteroatoms. The van der Waals surface area contributed by atoms with E-state index in [4.69, 9.17) is 4.74 Å². The van der Waals surface area contributed by atoms with Crippen LogP contribution >= 0.6 is 0 Å². The Labute approximate surface area is 134 Å². The Hall–Kier alpha value is -2.38.